The lowest BCUT2D eigenvalue weighted by molar-refractivity contribution is -0.384. The molecule has 6 heteroatoms. The van der Waals surface area contributed by atoms with Crippen LogP contribution in [0.25, 0.3) is 0 Å². The monoisotopic (exact) mass is 278 g/mol. The van der Waals surface area contributed by atoms with Gasteiger partial charge in [0.2, 0.25) is 0 Å². The Morgan fingerprint density at radius 3 is 2.65 bits per heavy atom. The number of hydrogen-bond acceptors (Lipinski definition) is 5. The highest BCUT2D eigenvalue weighted by Crippen LogP contribution is 2.28. The summed E-state index contributed by atoms with van der Waals surface area (Å²) >= 11 is 0. The molecule has 2 rings (SSSR count). The average Bonchev–Trinajstić information content (AvgIpc) is 2.63. The molecule has 2 atom stereocenters. The molecule has 1 fully saturated rings. The normalized spacial score (nSPS) is 22.9. The second kappa shape index (κ2) is 6.56. The van der Waals surface area contributed by atoms with Crippen LogP contribution in [-0.2, 0) is 0 Å². The van der Waals surface area contributed by atoms with Gasteiger partial charge in [-0.25, -0.2) is 0 Å². The molecule has 110 valence electrons. The number of hydrogen-bond donors (Lipinski definition) is 3. The molecule has 0 bridgehead atoms. The molecule has 0 saturated heterocycles. The number of non-ortho nitro benzene ring substituents is 1. The summed E-state index contributed by atoms with van der Waals surface area (Å²) < 4.78 is 0. The topological polar surface area (TPSA) is 93.2 Å². The van der Waals surface area contributed by atoms with Gasteiger partial charge >= 0.3 is 0 Å². The Morgan fingerprint density at radius 2 is 1.95 bits per heavy atom. The zero-order valence-corrected chi connectivity index (χ0v) is 11.8. The van der Waals surface area contributed by atoms with Crippen LogP contribution in [0.3, 0.4) is 0 Å². The molecule has 1 aromatic rings. The Morgan fingerprint density at radius 1 is 1.20 bits per heavy atom. The number of anilines is 2. The van der Waals surface area contributed by atoms with E-state index in [-0.39, 0.29) is 5.69 Å². The van der Waals surface area contributed by atoms with Crippen LogP contribution in [-0.4, -0.2) is 11.0 Å². The van der Waals surface area contributed by atoms with E-state index in [9.17, 15) is 10.1 Å². The molecule has 0 radical (unpaired) electrons. The van der Waals surface area contributed by atoms with Gasteiger partial charge in [0.05, 0.1) is 10.6 Å². The fourth-order valence-electron chi connectivity index (χ4n) is 2.75. The first-order valence-electron chi connectivity index (χ1n) is 7.11. The molecule has 1 aliphatic carbocycles. The van der Waals surface area contributed by atoms with Crippen molar-refractivity contribution in [1.82, 2.24) is 0 Å². The summed E-state index contributed by atoms with van der Waals surface area (Å²) in [6, 6.07) is 5.18. The van der Waals surface area contributed by atoms with Crippen molar-refractivity contribution in [3.05, 3.63) is 28.3 Å². The third-order valence-electron chi connectivity index (χ3n) is 3.92. The first kappa shape index (κ1) is 14.6. The van der Waals surface area contributed by atoms with Crippen LogP contribution in [0.5, 0.6) is 0 Å². The molecule has 0 aromatic heterocycles. The summed E-state index contributed by atoms with van der Waals surface area (Å²) in [6.07, 6.45) is 5.89. The lowest BCUT2D eigenvalue weighted by atomic mass is 10.0. The number of benzene rings is 1. The second-order valence-electron chi connectivity index (χ2n) is 5.62. The molecule has 0 spiro atoms. The lowest BCUT2D eigenvalue weighted by Crippen LogP contribution is -2.19. The van der Waals surface area contributed by atoms with Gasteiger partial charge in [-0.2, -0.15) is 0 Å². The van der Waals surface area contributed by atoms with Gasteiger partial charge in [-0.3, -0.25) is 16.0 Å². The summed E-state index contributed by atoms with van der Waals surface area (Å²) in [5.41, 5.74) is 3.82. The van der Waals surface area contributed by atoms with Crippen molar-refractivity contribution in [2.75, 3.05) is 10.7 Å². The van der Waals surface area contributed by atoms with Gasteiger partial charge in [0.25, 0.3) is 5.69 Å². The predicted octanol–water partition coefficient (Wildman–Crippen LogP) is 3.26. The Bertz CT molecular complexity index is 478. The SMILES string of the molecule is CC1CCCC(Nc2cc(NN)cc([N+](=O)[O-])c2)CC1. The van der Waals surface area contributed by atoms with E-state index in [1.807, 2.05) is 0 Å². The quantitative estimate of drug-likeness (QED) is 0.340. The van der Waals surface area contributed by atoms with E-state index in [1.54, 1.807) is 12.1 Å². The molecule has 1 saturated carbocycles. The maximum Gasteiger partial charge on any atom is 0.273 e. The third kappa shape index (κ3) is 3.84. The van der Waals surface area contributed by atoms with Crippen molar-refractivity contribution in [2.24, 2.45) is 11.8 Å². The predicted molar refractivity (Wildman–Crippen MR) is 80.6 cm³/mol. The molecule has 20 heavy (non-hydrogen) atoms. The van der Waals surface area contributed by atoms with Crippen LogP contribution < -0.4 is 16.6 Å². The van der Waals surface area contributed by atoms with E-state index in [4.69, 9.17) is 5.84 Å². The number of rotatable bonds is 4. The highest BCUT2D eigenvalue weighted by atomic mass is 16.6. The molecule has 4 N–H and O–H groups in total. The Labute approximate surface area is 118 Å². The van der Waals surface area contributed by atoms with Crippen molar-refractivity contribution in [3.63, 3.8) is 0 Å². The Balaban J connectivity index is 2.11. The fourth-order valence-corrected chi connectivity index (χ4v) is 2.75. The molecule has 0 amide bonds. The van der Waals surface area contributed by atoms with E-state index in [0.717, 1.165) is 24.4 Å². The molecule has 2 unspecified atom stereocenters. The summed E-state index contributed by atoms with van der Waals surface area (Å²) in [6.45, 7) is 2.28. The van der Waals surface area contributed by atoms with Crippen LogP contribution in [0.15, 0.2) is 18.2 Å². The second-order valence-corrected chi connectivity index (χ2v) is 5.62. The number of nitrogens with one attached hydrogen (secondary N) is 2. The Kier molecular flexibility index (Phi) is 4.79. The van der Waals surface area contributed by atoms with Crippen LogP contribution in [0.4, 0.5) is 17.1 Å². The maximum atomic E-state index is 10.9. The number of hydrazine groups is 1. The highest BCUT2D eigenvalue weighted by molar-refractivity contribution is 5.63. The molecular weight excluding hydrogens is 256 g/mol. The van der Waals surface area contributed by atoms with Crippen LogP contribution in [0.1, 0.15) is 39.0 Å². The van der Waals surface area contributed by atoms with E-state index in [2.05, 4.69) is 17.7 Å². The zero-order chi connectivity index (χ0) is 14.5. The van der Waals surface area contributed by atoms with Gasteiger partial charge < -0.3 is 10.7 Å². The number of nitro benzene ring substituents is 1. The van der Waals surface area contributed by atoms with Crippen molar-refractivity contribution in [3.8, 4) is 0 Å². The summed E-state index contributed by atoms with van der Waals surface area (Å²) in [7, 11) is 0. The minimum absolute atomic E-state index is 0.0462. The van der Waals surface area contributed by atoms with Crippen LogP contribution in [0.2, 0.25) is 0 Å². The number of nitrogen functional groups attached to an aromatic ring is 1. The number of nitrogens with zero attached hydrogens (tertiary/aromatic N) is 1. The van der Waals surface area contributed by atoms with Crippen molar-refractivity contribution in [2.45, 2.75) is 45.1 Å². The molecular formula is C14H22N4O2. The van der Waals surface area contributed by atoms with Crippen LogP contribution >= 0.6 is 0 Å². The van der Waals surface area contributed by atoms with Gasteiger partial charge in [-0.15, -0.1) is 0 Å². The van der Waals surface area contributed by atoms with Gasteiger partial charge in [0.15, 0.2) is 0 Å². The van der Waals surface area contributed by atoms with Crippen molar-refractivity contribution in [1.29, 1.82) is 0 Å². The average molecular weight is 278 g/mol. The van der Waals surface area contributed by atoms with Crippen molar-refractivity contribution < 1.29 is 4.92 Å². The third-order valence-corrected chi connectivity index (χ3v) is 3.92. The number of nitrogens with two attached hydrogens (primary N) is 1. The van der Waals surface area contributed by atoms with Crippen molar-refractivity contribution >= 4 is 17.1 Å². The van der Waals surface area contributed by atoms with E-state index >= 15 is 0 Å². The standard InChI is InChI=1S/C14H22N4O2/c1-10-3-2-4-11(6-5-10)16-12-7-13(17-15)9-14(8-12)18(19)20/h7-11,16-17H,2-6,15H2,1H3. The maximum absolute atomic E-state index is 10.9. The van der Waals surface area contributed by atoms with E-state index in [1.165, 1.54) is 25.3 Å². The van der Waals surface area contributed by atoms with Gasteiger partial charge in [0, 0.05) is 23.9 Å². The summed E-state index contributed by atoms with van der Waals surface area (Å²) in [5, 5.41) is 14.3. The Hall–Kier alpha value is -1.82. The van der Waals surface area contributed by atoms with Crippen LogP contribution in [0, 0.1) is 16.0 Å². The summed E-state index contributed by atoms with van der Waals surface area (Å²) in [5.74, 6) is 6.14. The van der Waals surface area contributed by atoms with E-state index in [0.29, 0.717) is 11.7 Å². The van der Waals surface area contributed by atoms with Gasteiger partial charge in [-0.1, -0.05) is 19.8 Å². The first-order valence-corrected chi connectivity index (χ1v) is 7.11. The smallest absolute Gasteiger partial charge is 0.273 e. The molecule has 0 aliphatic heterocycles. The van der Waals surface area contributed by atoms with Gasteiger partial charge in [-0.05, 0) is 31.2 Å². The lowest BCUT2D eigenvalue weighted by Gasteiger charge is -2.18. The molecule has 1 aliphatic rings. The molecule has 1 aromatic carbocycles. The first-order chi connectivity index (χ1) is 9.58. The molecule has 6 nitrogen and oxygen atoms in total. The zero-order valence-electron chi connectivity index (χ0n) is 11.8. The van der Waals surface area contributed by atoms with Gasteiger partial charge in [0.1, 0.15) is 0 Å². The minimum atomic E-state index is -0.402. The highest BCUT2D eigenvalue weighted by Gasteiger charge is 2.17. The largest absolute Gasteiger partial charge is 0.382 e. The molecule has 0 heterocycles. The summed E-state index contributed by atoms with van der Waals surface area (Å²) in [4.78, 5) is 10.5. The fraction of sp³-hybridized carbons (Fsp3) is 0.571. The van der Waals surface area contributed by atoms with E-state index < -0.39 is 4.92 Å². The minimum Gasteiger partial charge on any atom is -0.382 e. The number of nitro groups is 1.